The SMILES string of the molecule is NNC(c1c(Cl)cccc1Cl)c1cccc2ccsc12. The highest BCUT2D eigenvalue weighted by atomic mass is 35.5. The molecule has 0 saturated heterocycles. The summed E-state index contributed by atoms with van der Waals surface area (Å²) in [4.78, 5) is 0. The number of hydrogen-bond donors (Lipinski definition) is 2. The molecule has 2 aromatic carbocycles. The van der Waals surface area contributed by atoms with E-state index in [1.807, 2.05) is 30.3 Å². The lowest BCUT2D eigenvalue weighted by Gasteiger charge is -2.20. The summed E-state index contributed by atoms with van der Waals surface area (Å²) in [7, 11) is 0. The topological polar surface area (TPSA) is 38.0 Å². The van der Waals surface area contributed by atoms with Gasteiger partial charge in [-0.2, -0.15) is 0 Å². The Bertz CT molecular complexity index is 734. The molecule has 102 valence electrons. The minimum Gasteiger partial charge on any atom is -0.271 e. The van der Waals surface area contributed by atoms with E-state index < -0.39 is 0 Å². The number of rotatable bonds is 3. The molecule has 3 rings (SSSR count). The smallest absolute Gasteiger partial charge is 0.0753 e. The van der Waals surface area contributed by atoms with E-state index in [1.165, 1.54) is 10.1 Å². The zero-order chi connectivity index (χ0) is 14.1. The number of nitrogens with one attached hydrogen (secondary N) is 1. The molecule has 2 nitrogen and oxygen atoms in total. The Morgan fingerprint density at radius 2 is 1.70 bits per heavy atom. The number of benzene rings is 2. The summed E-state index contributed by atoms with van der Waals surface area (Å²) in [6.45, 7) is 0. The third-order valence-electron chi connectivity index (χ3n) is 3.28. The third kappa shape index (κ3) is 2.32. The molecule has 1 aromatic heterocycles. The fraction of sp³-hybridized carbons (Fsp3) is 0.0667. The Morgan fingerprint density at radius 1 is 1.00 bits per heavy atom. The summed E-state index contributed by atoms with van der Waals surface area (Å²) in [6.07, 6.45) is 0. The van der Waals surface area contributed by atoms with Crippen LogP contribution in [-0.2, 0) is 0 Å². The maximum atomic E-state index is 6.30. The molecule has 0 fully saturated rings. The zero-order valence-corrected chi connectivity index (χ0v) is 12.8. The lowest BCUT2D eigenvalue weighted by molar-refractivity contribution is 0.642. The van der Waals surface area contributed by atoms with E-state index in [4.69, 9.17) is 29.0 Å². The van der Waals surface area contributed by atoms with Crippen molar-refractivity contribution < 1.29 is 0 Å². The Labute approximate surface area is 131 Å². The molecular weight excluding hydrogens is 311 g/mol. The summed E-state index contributed by atoms with van der Waals surface area (Å²) in [5.41, 5.74) is 4.72. The van der Waals surface area contributed by atoms with E-state index in [0.717, 1.165) is 11.1 Å². The van der Waals surface area contributed by atoms with Crippen molar-refractivity contribution in [3.63, 3.8) is 0 Å². The van der Waals surface area contributed by atoms with Crippen molar-refractivity contribution in [2.75, 3.05) is 0 Å². The molecule has 0 aliphatic heterocycles. The van der Waals surface area contributed by atoms with E-state index in [2.05, 4.69) is 22.9 Å². The first kappa shape index (κ1) is 13.9. The molecule has 0 saturated carbocycles. The number of hydrogen-bond acceptors (Lipinski definition) is 3. The Hall–Kier alpha value is -1.10. The monoisotopic (exact) mass is 322 g/mol. The van der Waals surface area contributed by atoms with Crippen molar-refractivity contribution >= 4 is 44.6 Å². The second kappa shape index (κ2) is 5.72. The van der Waals surface area contributed by atoms with E-state index in [1.54, 1.807) is 11.3 Å². The van der Waals surface area contributed by atoms with Crippen molar-refractivity contribution in [3.05, 3.63) is 69.0 Å². The highest BCUT2D eigenvalue weighted by molar-refractivity contribution is 7.17. The minimum atomic E-state index is -0.237. The van der Waals surface area contributed by atoms with Gasteiger partial charge >= 0.3 is 0 Å². The van der Waals surface area contributed by atoms with E-state index in [0.29, 0.717) is 10.0 Å². The largest absolute Gasteiger partial charge is 0.271 e. The maximum Gasteiger partial charge on any atom is 0.0753 e. The third-order valence-corrected chi connectivity index (χ3v) is 4.91. The number of nitrogens with two attached hydrogens (primary N) is 1. The molecule has 0 amide bonds. The summed E-state index contributed by atoms with van der Waals surface area (Å²) in [5.74, 6) is 5.77. The van der Waals surface area contributed by atoms with Crippen molar-refractivity contribution in [3.8, 4) is 0 Å². The van der Waals surface area contributed by atoms with Gasteiger partial charge in [-0.1, -0.05) is 47.5 Å². The standard InChI is InChI=1S/C15H12Cl2N2S/c16-11-5-2-6-12(17)13(11)14(19-18)10-4-1-3-9-7-8-20-15(9)10/h1-8,14,19H,18H2. The van der Waals surface area contributed by atoms with Crippen LogP contribution in [0.4, 0.5) is 0 Å². The first-order valence-electron chi connectivity index (χ1n) is 6.08. The van der Waals surface area contributed by atoms with Crippen molar-refractivity contribution in [1.29, 1.82) is 0 Å². The first-order chi connectivity index (χ1) is 9.72. The van der Waals surface area contributed by atoms with Gasteiger partial charge in [-0.15, -0.1) is 11.3 Å². The fourth-order valence-corrected chi connectivity index (χ4v) is 3.92. The van der Waals surface area contributed by atoms with Crippen molar-refractivity contribution in [2.24, 2.45) is 5.84 Å². The van der Waals surface area contributed by atoms with Gasteiger partial charge in [-0.3, -0.25) is 5.84 Å². The van der Waals surface area contributed by atoms with E-state index in [9.17, 15) is 0 Å². The summed E-state index contributed by atoms with van der Waals surface area (Å²) < 4.78 is 1.19. The van der Waals surface area contributed by atoms with Crippen LogP contribution in [0.1, 0.15) is 17.2 Å². The first-order valence-corrected chi connectivity index (χ1v) is 7.72. The Morgan fingerprint density at radius 3 is 2.40 bits per heavy atom. The molecule has 1 heterocycles. The van der Waals surface area contributed by atoms with Gasteiger partial charge in [0, 0.05) is 20.3 Å². The van der Waals surface area contributed by atoms with Gasteiger partial charge in [-0.25, -0.2) is 5.43 Å². The van der Waals surface area contributed by atoms with Crippen LogP contribution in [0.5, 0.6) is 0 Å². The predicted octanol–water partition coefficient (Wildman–Crippen LogP) is 4.76. The van der Waals surface area contributed by atoms with Gasteiger partial charge in [0.1, 0.15) is 0 Å². The lowest BCUT2D eigenvalue weighted by atomic mass is 9.98. The average molecular weight is 323 g/mol. The lowest BCUT2D eigenvalue weighted by Crippen LogP contribution is -2.29. The highest BCUT2D eigenvalue weighted by Gasteiger charge is 2.21. The van der Waals surface area contributed by atoms with Crippen LogP contribution in [-0.4, -0.2) is 0 Å². The van der Waals surface area contributed by atoms with Gasteiger partial charge in [0.2, 0.25) is 0 Å². The van der Waals surface area contributed by atoms with Crippen LogP contribution in [0.2, 0.25) is 10.0 Å². The van der Waals surface area contributed by atoms with Gasteiger partial charge in [0.25, 0.3) is 0 Å². The fourth-order valence-electron chi connectivity index (χ4n) is 2.36. The number of halogens is 2. The van der Waals surface area contributed by atoms with Crippen LogP contribution in [0, 0.1) is 0 Å². The number of thiophene rings is 1. The maximum absolute atomic E-state index is 6.30. The van der Waals surface area contributed by atoms with Gasteiger partial charge < -0.3 is 0 Å². The van der Waals surface area contributed by atoms with Crippen LogP contribution in [0.15, 0.2) is 47.8 Å². The molecule has 0 aliphatic rings. The summed E-state index contributed by atoms with van der Waals surface area (Å²) in [6, 6.07) is 13.5. The molecule has 5 heteroatoms. The minimum absolute atomic E-state index is 0.237. The molecule has 20 heavy (non-hydrogen) atoms. The molecule has 3 aromatic rings. The van der Waals surface area contributed by atoms with Crippen molar-refractivity contribution in [1.82, 2.24) is 5.43 Å². The van der Waals surface area contributed by atoms with Crippen LogP contribution in [0.3, 0.4) is 0 Å². The van der Waals surface area contributed by atoms with E-state index in [-0.39, 0.29) is 6.04 Å². The Kier molecular flexibility index (Phi) is 3.96. The van der Waals surface area contributed by atoms with Crippen LogP contribution >= 0.6 is 34.5 Å². The molecule has 0 aliphatic carbocycles. The predicted molar refractivity (Wildman–Crippen MR) is 87.5 cm³/mol. The van der Waals surface area contributed by atoms with Gasteiger partial charge in [0.15, 0.2) is 0 Å². The quantitative estimate of drug-likeness (QED) is 0.539. The molecule has 3 N–H and O–H groups in total. The highest BCUT2D eigenvalue weighted by Crippen LogP contribution is 2.37. The normalized spacial score (nSPS) is 12.8. The second-order valence-electron chi connectivity index (χ2n) is 4.42. The zero-order valence-electron chi connectivity index (χ0n) is 10.4. The van der Waals surface area contributed by atoms with Crippen LogP contribution in [0.25, 0.3) is 10.1 Å². The summed E-state index contributed by atoms with van der Waals surface area (Å²) >= 11 is 14.3. The van der Waals surface area contributed by atoms with Gasteiger partial charge in [0.05, 0.1) is 6.04 Å². The average Bonchev–Trinajstić information content (AvgIpc) is 2.91. The number of fused-ring (bicyclic) bond motifs is 1. The summed E-state index contributed by atoms with van der Waals surface area (Å²) in [5, 5.41) is 4.47. The Balaban J connectivity index is 2.22. The number of hydrazine groups is 1. The molecule has 0 spiro atoms. The van der Waals surface area contributed by atoms with Gasteiger partial charge in [-0.05, 0) is 34.5 Å². The second-order valence-corrected chi connectivity index (χ2v) is 6.15. The molecule has 0 bridgehead atoms. The molecule has 1 atom stereocenters. The molecule has 1 unspecified atom stereocenters. The van der Waals surface area contributed by atoms with E-state index >= 15 is 0 Å². The molecular formula is C15H12Cl2N2S. The van der Waals surface area contributed by atoms with Crippen LogP contribution < -0.4 is 11.3 Å². The van der Waals surface area contributed by atoms with Crippen molar-refractivity contribution in [2.45, 2.75) is 6.04 Å². The molecule has 0 radical (unpaired) electrons.